The maximum Gasteiger partial charge on any atom is 0.311 e. The molecule has 1 rings (SSSR count). The van der Waals surface area contributed by atoms with Crippen LogP contribution in [-0.2, 0) is 10.5 Å². The maximum absolute atomic E-state index is 11.6. The lowest BCUT2D eigenvalue weighted by Crippen LogP contribution is -2.30. The average Bonchev–Trinajstić information content (AvgIpc) is 2.46. The molecule has 1 amide bonds. The second-order valence-corrected chi connectivity index (χ2v) is 5.86. The summed E-state index contributed by atoms with van der Waals surface area (Å²) >= 11 is 1.40. The Morgan fingerprint density at radius 3 is 2.78 bits per heavy atom. The van der Waals surface area contributed by atoms with Crippen LogP contribution in [0.1, 0.15) is 18.9 Å². The molecule has 0 spiro atoms. The molecule has 1 unspecified atom stereocenters. The molecule has 3 N–H and O–H groups in total. The summed E-state index contributed by atoms with van der Waals surface area (Å²) in [7, 11) is 1.39. The molecule has 0 saturated carbocycles. The maximum atomic E-state index is 11.6. The number of nitro groups is 1. The topological polar surface area (TPSA) is 107 Å². The second-order valence-electron chi connectivity index (χ2n) is 4.87. The Balaban J connectivity index is 0.00000484. The van der Waals surface area contributed by atoms with Crippen molar-refractivity contribution in [3.05, 3.63) is 33.9 Å². The molecule has 0 aliphatic heterocycles. The minimum Gasteiger partial charge on any atom is -0.490 e. The molecule has 0 saturated heterocycles. The SMILES string of the molecule is COc1ccc(CSCC(=O)NCCC(C)N)cc1[N+](=O)[O-].Cl. The summed E-state index contributed by atoms with van der Waals surface area (Å²) in [5.74, 6) is 0.991. The Labute approximate surface area is 145 Å². The number of benzene rings is 1. The van der Waals surface area contributed by atoms with Gasteiger partial charge in [0.1, 0.15) is 0 Å². The molecule has 1 atom stereocenters. The zero-order valence-electron chi connectivity index (χ0n) is 13.1. The number of nitrogens with zero attached hydrogens (tertiary/aromatic N) is 1. The predicted octanol–water partition coefficient (Wildman–Crippen LogP) is 2.11. The van der Waals surface area contributed by atoms with Crippen LogP contribution in [0.4, 0.5) is 5.69 Å². The summed E-state index contributed by atoms with van der Waals surface area (Å²) in [5, 5.41) is 13.7. The van der Waals surface area contributed by atoms with Crippen LogP contribution in [0.25, 0.3) is 0 Å². The van der Waals surface area contributed by atoms with E-state index in [1.165, 1.54) is 24.9 Å². The van der Waals surface area contributed by atoms with Gasteiger partial charge in [0, 0.05) is 24.4 Å². The normalized spacial score (nSPS) is 11.3. The van der Waals surface area contributed by atoms with Gasteiger partial charge in [-0.2, -0.15) is 0 Å². The zero-order chi connectivity index (χ0) is 16.5. The molecule has 0 aromatic heterocycles. The highest BCUT2D eigenvalue weighted by Gasteiger charge is 2.15. The van der Waals surface area contributed by atoms with E-state index >= 15 is 0 Å². The molecule has 130 valence electrons. The molecule has 9 heteroatoms. The van der Waals surface area contributed by atoms with Crippen LogP contribution < -0.4 is 15.8 Å². The van der Waals surface area contributed by atoms with Crippen molar-refractivity contribution in [2.45, 2.75) is 25.1 Å². The number of rotatable bonds is 9. The standard InChI is InChI=1S/C14H21N3O4S.ClH/c1-10(15)5-6-16-14(18)9-22-8-11-3-4-13(21-2)12(7-11)17(19)20;/h3-4,7,10H,5-6,8-9,15H2,1-2H3,(H,16,18);1H. The summed E-state index contributed by atoms with van der Waals surface area (Å²) in [6.07, 6.45) is 0.737. The number of hydrogen-bond acceptors (Lipinski definition) is 6. The number of nitro benzene ring substituents is 1. The minimum atomic E-state index is -0.478. The van der Waals surface area contributed by atoms with Crippen LogP contribution in [0.2, 0.25) is 0 Å². The number of methoxy groups -OCH3 is 1. The van der Waals surface area contributed by atoms with E-state index in [9.17, 15) is 14.9 Å². The summed E-state index contributed by atoms with van der Waals surface area (Å²) in [6, 6.07) is 4.86. The summed E-state index contributed by atoms with van der Waals surface area (Å²) in [5.41, 5.74) is 6.31. The number of thioether (sulfide) groups is 1. The van der Waals surface area contributed by atoms with Gasteiger partial charge >= 0.3 is 5.69 Å². The number of ether oxygens (including phenoxy) is 1. The second kappa shape index (κ2) is 11.1. The van der Waals surface area contributed by atoms with Crippen molar-refractivity contribution >= 4 is 35.8 Å². The fourth-order valence-corrected chi connectivity index (χ4v) is 2.52. The number of amides is 1. The average molecular weight is 364 g/mol. The molecule has 0 bridgehead atoms. The van der Waals surface area contributed by atoms with Crippen molar-refractivity contribution in [2.24, 2.45) is 5.73 Å². The largest absolute Gasteiger partial charge is 0.490 e. The fourth-order valence-electron chi connectivity index (χ4n) is 1.72. The first-order valence-corrected chi connectivity index (χ1v) is 8.00. The number of halogens is 1. The number of hydrogen-bond donors (Lipinski definition) is 2. The third-order valence-corrected chi connectivity index (χ3v) is 3.87. The third-order valence-electron chi connectivity index (χ3n) is 2.86. The van der Waals surface area contributed by atoms with Crippen molar-refractivity contribution in [1.82, 2.24) is 5.32 Å². The minimum absolute atomic E-state index is 0. The van der Waals surface area contributed by atoms with Crippen LogP contribution in [0.15, 0.2) is 18.2 Å². The first-order valence-electron chi connectivity index (χ1n) is 6.85. The van der Waals surface area contributed by atoms with E-state index in [2.05, 4.69) is 5.32 Å². The van der Waals surface area contributed by atoms with E-state index in [1.54, 1.807) is 12.1 Å². The van der Waals surface area contributed by atoms with Crippen LogP contribution in [-0.4, -0.2) is 36.3 Å². The molecule has 0 heterocycles. The van der Waals surface area contributed by atoms with Crippen LogP contribution in [0, 0.1) is 10.1 Å². The molecule has 0 aliphatic rings. The van der Waals surface area contributed by atoms with E-state index in [0.29, 0.717) is 18.1 Å². The Kier molecular flexibility index (Phi) is 10.4. The van der Waals surface area contributed by atoms with Crippen LogP contribution >= 0.6 is 24.2 Å². The van der Waals surface area contributed by atoms with Crippen molar-refractivity contribution in [2.75, 3.05) is 19.4 Å². The quantitative estimate of drug-likeness (QED) is 0.514. The Bertz CT molecular complexity index is 529. The fraction of sp³-hybridized carbons (Fsp3) is 0.500. The van der Waals surface area contributed by atoms with E-state index in [4.69, 9.17) is 10.5 Å². The summed E-state index contributed by atoms with van der Waals surface area (Å²) in [4.78, 5) is 22.0. The molecule has 0 fully saturated rings. The molecular formula is C14H22ClN3O4S. The van der Waals surface area contributed by atoms with Crippen LogP contribution in [0.3, 0.4) is 0 Å². The van der Waals surface area contributed by atoms with Gasteiger partial charge in [0.15, 0.2) is 5.75 Å². The van der Waals surface area contributed by atoms with Crippen LogP contribution in [0.5, 0.6) is 5.75 Å². The molecule has 1 aromatic rings. The lowest BCUT2D eigenvalue weighted by Gasteiger charge is -2.07. The van der Waals surface area contributed by atoms with Gasteiger partial charge in [-0.25, -0.2) is 0 Å². The van der Waals surface area contributed by atoms with Crippen molar-refractivity contribution in [3.63, 3.8) is 0 Å². The molecule has 7 nitrogen and oxygen atoms in total. The van der Waals surface area contributed by atoms with E-state index < -0.39 is 4.92 Å². The van der Waals surface area contributed by atoms with Gasteiger partial charge in [-0.3, -0.25) is 14.9 Å². The Morgan fingerprint density at radius 1 is 1.52 bits per heavy atom. The van der Waals surface area contributed by atoms with Gasteiger partial charge in [-0.15, -0.1) is 24.2 Å². The molecule has 0 aliphatic carbocycles. The van der Waals surface area contributed by atoms with E-state index in [-0.39, 0.29) is 35.8 Å². The number of carbonyl (C=O) groups excluding carboxylic acids is 1. The van der Waals surface area contributed by atoms with Gasteiger partial charge in [0.05, 0.1) is 17.8 Å². The van der Waals surface area contributed by atoms with Crippen molar-refractivity contribution < 1.29 is 14.5 Å². The first kappa shape index (κ1) is 21.5. The van der Waals surface area contributed by atoms with Gasteiger partial charge < -0.3 is 15.8 Å². The lowest BCUT2D eigenvalue weighted by molar-refractivity contribution is -0.385. The Hall–Kier alpha value is -1.51. The van der Waals surface area contributed by atoms with Gasteiger partial charge in [0.25, 0.3) is 0 Å². The zero-order valence-corrected chi connectivity index (χ0v) is 14.7. The molecule has 23 heavy (non-hydrogen) atoms. The van der Waals surface area contributed by atoms with E-state index in [1.807, 2.05) is 6.92 Å². The predicted molar refractivity (Wildman–Crippen MR) is 94.3 cm³/mol. The number of nitrogens with one attached hydrogen (secondary N) is 1. The molecule has 1 aromatic carbocycles. The summed E-state index contributed by atoms with van der Waals surface area (Å²) in [6.45, 7) is 2.45. The highest BCUT2D eigenvalue weighted by atomic mass is 35.5. The van der Waals surface area contributed by atoms with Gasteiger partial charge in [0.2, 0.25) is 5.91 Å². The molecular weight excluding hydrogens is 342 g/mol. The van der Waals surface area contributed by atoms with E-state index in [0.717, 1.165) is 12.0 Å². The Morgan fingerprint density at radius 2 is 2.22 bits per heavy atom. The first-order chi connectivity index (χ1) is 10.4. The lowest BCUT2D eigenvalue weighted by atomic mass is 10.2. The van der Waals surface area contributed by atoms with Gasteiger partial charge in [-0.1, -0.05) is 6.07 Å². The van der Waals surface area contributed by atoms with Gasteiger partial charge in [-0.05, 0) is 25.0 Å². The summed E-state index contributed by atoms with van der Waals surface area (Å²) < 4.78 is 4.95. The smallest absolute Gasteiger partial charge is 0.311 e. The number of nitrogens with two attached hydrogens (primary N) is 1. The monoisotopic (exact) mass is 363 g/mol. The van der Waals surface area contributed by atoms with Crippen molar-refractivity contribution in [3.8, 4) is 5.75 Å². The number of carbonyl (C=O) groups is 1. The molecule has 0 radical (unpaired) electrons. The highest BCUT2D eigenvalue weighted by molar-refractivity contribution is 7.99. The highest BCUT2D eigenvalue weighted by Crippen LogP contribution is 2.28. The van der Waals surface area contributed by atoms with Crippen molar-refractivity contribution in [1.29, 1.82) is 0 Å². The third kappa shape index (κ3) is 8.06.